The van der Waals surface area contributed by atoms with Gasteiger partial charge in [0, 0.05) is 26.7 Å². The van der Waals surface area contributed by atoms with Crippen molar-refractivity contribution in [3.05, 3.63) is 11.9 Å². The van der Waals surface area contributed by atoms with Crippen LogP contribution in [-0.2, 0) is 11.8 Å². The summed E-state index contributed by atoms with van der Waals surface area (Å²) in [5, 5.41) is 4.03. The number of nitrogens with zero attached hydrogens (tertiary/aromatic N) is 3. The highest BCUT2D eigenvalue weighted by Gasteiger charge is 2.35. The molecule has 1 fully saturated rings. The molecule has 0 aliphatic heterocycles. The summed E-state index contributed by atoms with van der Waals surface area (Å²) in [6.45, 7) is 3.20. The van der Waals surface area contributed by atoms with Crippen molar-refractivity contribution in [3.8, 4) is 0 Å². The minimum atomic E-state index is -0.0612. The summed E-state index contributed by atoms with van der Waals surface area (Å²) in [4.78, 5) is 14.5. The maximum Gasteiger partial charge on any atom is 0.274 e. The molecule has 1 atom stereocenters. The number of nitrogen functional groups attached to an aromatic ring is 1. The first-order valence-corrected chi connectivity index (χ1v) is 6.63. The highest BCUT2D eigenvalue weighted by Crippen LogP contribution is 2.35. The van der Waals surface area contributed by atoms with Crippen LogP contribution in [0.1, 0.15) is 30.3 Å². The molecule has 2 rings (SSSR count). The second-order valence-corrected chi connectivity index (χ2v) is 5.14. The Morgan fingerprint density at radius 2 is 2.37 bits per heavy atom. The molecule has 106 valence electrons. The molecule has 0 bridgehead atoms. The van der Waals surface area contributed by atoms with Crippen molar-refractivity contribution in [2.45, 2.75) is 25.8 Å². The van der Waals surface area contributed by atoms with E-state index < -0.39 is 0 Å². The number of carbonyl (C=O) groups is 1. The first kappa shape index (κ1) is 13.9. The minimum absolute atomic E-state index is 0.0612. The van der Waals surface area contributed by atoms with Gasteiger partial charge in [-0.15, -0.1) is 0 Å². The van der Waals surface area contributed by atoms with Gasteiger partial charge in [0.15, 0.2) is 0 Å². The lowest BCUT2D eigenvalue weighted by molar-refractivity contribution is 0.0585. The zero-order chi connectivity index (χ0) is 14.0. The Morgan fingerprint density at radius 3 is 2.84 bits per heavy atom. The third-order valence-corrected chi connectivity index (χ3v) is 3.76. The van der Waals surface area contributed by atoms with Crippen molar-refractivity contribution < 1.29 is 9.53 Å². The SMILES string of the molecule is COCCN(C(=O)c1c(N)cnn1C)C(C)C1CC1. The normalized spacial score (nSPS) is 16.4. The number of aryl methyl sites for hydroxylation is 1. The van der Waals surface area contributed by atoms with Gasteiger partial charge in [0.05, 0.1) is 18.5 Å². The zero-order valence-corrected chi connectivity index (χ0v) is 11.8. The standard InChI is InChI=1S/C13H22N4O2/c1-9(10-4-5-10)17(6-7-19-3)13(18)12-11(14)8-15-16(12)2/h8-10H,4-7,14H2,1-3H3. The van der Waals surface area contributed by atoms with Crippen LogP contribution < -0.4 is 5.73 Å². The summed E-state index contributed by atoms with van der Waals surface area (Å²) in [6, 6.07) is 0.219. The Labute approximate surface area is 113 Å². The summed E-state index contributed by atoms with van der Waals surface area (Å²) in [6.07, 6.45) is 3.90. The van der Waals surface area contributed by atoms with Crippen molar-refractivity contribution in [1.29, 1.82) is 0 Å². The average molecular weight is 266 g/mol. The van der Waals surface area contributed by atoms with Gasteiger partial charge in [-0.1, -0.05) is 0 Å². The van der Waals surface area contributed by atoms with Crippen LogP contribution in [0.25, 0.3) is 0 Å². The molecule has 1 aliphatic rings. The van der Waals surface area contributed by atoms with Crippen molar-refractivity contribution in [2.24, 2.45) is 13.0 Å². The molecule has 1 amide bonds. The predicted octanol–water partition coefficient (Wildman–Crippen LogP) is 0.889. The molecule has 0 aromatic carbocycles. The van der Waals surface area contributed by atoms with E-state index in [2.05, 4.69) is 12.0 Å². The van der Waals surface area contributed by atoms with Gasteiger partial charge in [0.2, 0.25) is 0 Å². The zero-order valence-electron chi connectivity index (χ0n) is 11.8. The van der Waals surface area contributed by atoms with E-state index in [1.165, 1.54) is 23.7 Å². The first-order valence-electron chi connectivity index (χ1n) is 6.63. The van der Waals surface area contributed by atoms with Gasteiger partial charge in [-0.25, -0.2) is 0 Å². The number of hydrogen-bond acceptors (Lipinski definition) is 4. The lowest BCUT2D eigenvalue weighted by atomic mass is 10.1. The van der Waals surface area contributed by atoms with Crippen molar-refractivity contribution in [2.75, 3.05) is 26.0 Å². The second kappa shape index (κ2) is 5.61. The highest BCUT2D eigenvalue weighted by molar-refractivity contribution is 5.97. The fraction of sp³-hybridized carbons (Fsp3) is 0.692. The van der Waals surface area contributed by atoms with E-state index in [0.29, 0.717) is 30.5 Å². The maximum absolute atomic E-state index is 12.7. The topological polar surface area (TPSA) is 73.4 Å². The minimum Gasteiger partial charge on any atom is -0.396 e. The Morgan fingerprint density at radius 1 is 1.68 bits per heavy atom. The van der Waals surface area contributed by atoms with Crippen molar-refractivity contribution in [3.63, 3.8) is 0 Å². The molecular formula is C13H22N4O2. The number of anilines is 1. The van der Waals surface area contributed by atoms with Crippen LogP contribution in [0.5, 0.6) is 0 Å². The van der Waals surface area contributed by atoms with Gasteiger partial charge < -0.3 is 15.4 Å². The van der Waals surface area contributed by atoms with Gasteiger partial charge in [0.25, 0.3) is 5.91 Å². The van der Waals surface area contributed by atoms with E-state index in [1.54, 1.807) is 14.2 Å². The lowest BCUT2D eigenvalue weighted by Crippen LogP contribution is -2.43. The second-order valence-electron chi connectivity index (χ2n) is 5.14. The molecule has 1 saturated carbocycles. The number of amides is 1. The van der Waals surface area contributed by atoms with Gasteiger partial charge in [-0.05, 0) is 25.7 Å². The largest absolute Gasteiger partial charge is 0.396 e. The summed E-state index contributed by atoms with van der Waals surface area (Å²) in [7, 11) is 3.38. The number of rotatable bonds is 6. The molecule has 1 aromatic rings. The van der Waals surface area contributed by atoms with Gasteiger partial charge in [0.1, 0.15) is 5.69 Å². The fourth-order valence-electron chi connectivity index (χ4n) is 2.37. The third-order valence-electron chi connectivity index (χ3n) is 3.76. The Kier molecular flexibility index (Phi) is 4.09. The first-order chi connectivity index (χ1) is 9.06. The molecule has 0 radical (unpaired) electrons. The molecule has 1 heterocycles. The van der Waals surface area contributed by atoms with E-state index in [9.17, 15) is 4.79 Å². The van der Waals surface area contributed by atoms with Crippen LogP contribution in [0.2, 0.25) is 0 Å². The monoisotopic (exact) mass is 266 g/mol. The molecule has 1 unspecified atom stereocenters. The summed E-state index contributed by atoms with van der Waals surface area (Å²) < 4.78 is 6.64. The third kappa shape index (κ3) is 2.89. The number of ether oxygens (including phenoxy) is 1. The number of methoxy groups -OCH3 is 1. The Balaban J connectivity index is 2.19. The van der Waals surface area contributed by atoms with Crippen LogP contribution >= 0.6 is 0 Å². The quantitative estimate of drug-likeness (QED) is 0.830. The van der Waals surface area contributed by atoms with Gasteiger partial charge in [-0.2, -0.15) is 5.10 Å². The molecule has 0 saturated heterocycles. The maximum atomic E-state index is 12.7. The molecule has 19 heavy (non-hydrogen) atoms. The van der Waals surface area contributed by atoms with E-state index in [-0.39, 0.29) is 11.9 Å². The molecule has 1 aliphatic carbocycles. The van der Waals surface area contributed by atoms with E-state index in [0.717, 1.165) is 0 Å². The van der Waals surface area contributed by atoms with Crippen molar-refractivity contribution >= 4 is 11.6 Å². The smallest absolute Gasteiger partial charge is 0.274 e. The Bertz CT molecular complexity index is 434. The van der Waals surface area contributed by atoms with Crippen LogP contribution in [0.15, 0.2) is 6.20 Å². The summed E-state index contributed by atoms with van der Waals surface area (Å²) in [5.41, 5.74) is 6.73. The average Bonchev–Trinajstić information content (AvgIpc) is 3.16. The van der Waals surface area contributed by atoms with Crippen LogP contribution in [-0.4, -0.2) is 46.9 Å². The molecule has 6 nitrogen and oxygen atoms in total. The number of aromatic nitrogens is 2. The molecule has 0 spiro atoms. The van der Waals surface area contributed by atoms with Gasteiger partial charge >= 0.3 is 0 Å². The molecule has 2 N–H and O–H groups in total. The highest BCUT2D eigenvalue weighted by atomic mass is 16.5. The molecular weight excluding hydrogens is 244 g/mol. The van der Waals surface area contributed by atoms with Crippen LogP contribution in [0.4, 0.5) is 5.69 Å². The number of hydrogen-bond donors (Lipinski definition) is 1. The van der Waals surface area contributed by atoms with E-state index in [4.69, 9.17) is 10.5 Å². The van der Waals surface area contributed by atoms with Gasteiger partial charge in [-0.3, -0.25) is 9.48 Å². The lowest BCUT2D eigenvalue weighted by Gasteiger charge is -2.29. The molecule has 1 aromatic heterocycles. The predicted molar refractivity (Wildman–Crippen MR) is 72.7 cm³/mol. The van der Waals surface area contributed by atoms with E-state index >= 15 is 0 Å². The van der Waals surface area contributed by atoms with E-state index in [1.807, 2.05) is 4.90 Å². The number of nitrogens with two attached hydrogens (primary N) is 1. The summed E-state index contributed by atoms with van der Waals surface area (Å²) >= 11 is 0. The summed E-state index contributed by atoms with van der Waals surface area (Å²) in [5.74, 6) is 0.546. The van der Waals surface area contributed by atoms with Crippen LogP contribution in [0.3, 0.4) is 0 Å². The van der Waals surface area contributed by atoms with Crippen LogP contribution in [0, 0.1) is 5.92 Å². The van der Waals surface area contributed by atoms with Crippen molar-refractivity contribution in [1.82, 2.24) is 14.7 Å². The fourth-order valence-corrected chi connectivity index (χ4v) is 2.37. The molecule has 6 heteroatoms. The number of carbonyl (C=O) groups excluding carboxylic acids is 1. The Hall–Kier alpha value is -1.56.